The maximum Gasteiger partial charge on any atom is 0.306 e. The number of carbonyl (C=O) groups is 7. The fourth-order valence-corrected chi connectivity index (χ4v) is 5.45. The molecule has 3 unspecified atom stereocenters. The molecule has 0 aliphatic rings. The SMILES string of the molecule is CCCCCCCCC(=O)OCC(COC=O)OC(=O)CCCC(CCCC(=O)OC(COC=O)COC(=O)CCCCCCC)OC(=O)CCCN(C)C. The lowest BCUT2D eigenvalue weighted by atomic mass is 10.1. The summed E-state index contributed by atoms with van der Waals surface area (Å²) < 4.78 is 36.6. The molecule has 0 bridgehead atoms. The first-order valence-electron chi connectivity index (χ1n) is 20.2. The molecule has 0 rings (SSSR count). The molecule has 0 N–H and O–H groups in total. The van der Waals surface area contributed by atoms with Gasteiger partial charge in [0.15, 0.2) is 12.2 Å². The highest BCUT2D eigenvalue weighted by molar-refractivity contribution is 5.71. The Labute approximate surface area is 328 Å². The zero-order chi connectivity index (χ0) is 40.9. The topological polar surface area (TPSA) is 187 Å². The van der Waals surface area contributed by atoms with E-state index in [9.17, 15) is 33.6 Å². The van der Waals surface area contributed by atoms with Gasteiger partial charge < -0.3 is 38.1 Å². The maximum atomic E-state index is 12.7. The van der Waals surface area contributed by atoms with Gasteiger partial charge in [-0.1, -0.05) is 71.6 Å². The zero-order valence-corrected chi connectivity index (χ0v) is 33.9. The van der Waals surface area contributed by atoms with Crippen molar-refractivity contribution in [1.29, 1.82) is 0 Å². The van der Waals surface area contributed by atoms with Crippen LogP contribution < -0.4 is 0 Å². The van der Waals surface area contributed by atoms with E-state index in [0.29, 0.717) is 38.6 Å². The van der Waals surface area contributed by atoms with E-state index >= 15 is 0 Å². The van der Waals surface area contributed by atoms with E-state index < -0.39 is 48.2 Å². The zero-order valence-electron chi connectivity index (χ0n) is 33.9. The van der Waals surface area contributed by atoms with Gasteiger partial charge in [0.05, 0.1) is 0 Å². The molecule has 0 saturated heterocycles. The van der Waals surface area contributed by atoms with Gasteiger partial charge in [-0.15, -0.1) is 0 Å². The molecule has 0 spiro atoms. The van der Waals surface area contributed by atoms with Crippen LogP contribution in [0.15, 0.2) is 0 Å². The van der Waals surface area contributed by atoms with Gasteiger partial charge in [-0.3, -0.25) is 33.6 Å². The maximum absolute atomic E-state index is 12.7. The van der Waals surface area contributed by atoms with E-state index in [2.05, 4.69) is 13.8 Å². The summed E-state index contributed by atoms with van der Waals surface area (Å²) in [5.74, 6) is -2.45. The molecule has 0 aliphatic heterocycles. The molecule has 0 saturated carbocycles. The average molecular weight is 788 g/mol. The van der Waals surface area contributed by atoms with Gasteiger partial charge in [0.2, 0.25) is 0 Å². The second-order valence-electron chi connectivity index (χ2n) is 13.9. The number of hydrogen-bond donors (Lipinski definition) is 0. The van der Waals surface area contributed by atoms with Gasteiger partial charge in [0.25, 0.3) is 12.9 Å². The third-order valence-corrected chi connectivity index (χ3v) is 8.47. The lowest BCUT2D eigenvalue weighted by Crippen LogP contribution is -2.30. The summed E-state index contributed by atoms with van der Waals surface area (Å²) in [6.07, 6.45) is 10.8. The number of hydrogen-bond acceptors (Lipinski definition) is 15. The molecule has 3 atom stereocenters. The molecule has 0 aromatic rings. The number of rotatable bonds is 38. The molecule has 0 radical (unpaired) electrons. The van der Waals surface area contributed by atoms with E-state index in [4.69, 9.17) is 33.2 Å². The first-order valence-corrected chi connectivity index (χ1v) is 20.2. The number of nitrogens with zero attached hydrogens (tertiary/aromatic N) is 1. The van der Waals surface area contributed by atoms with Crippen LogP contribution in [0, 0.1) is 0 Å². The van der Waals surface area contributed by atoms with Crippen LogP contribution in [-0.4, -0.2) is 113 Å². The lowest BCUT2D eigenvalue weighted by molar-refractivity contribution is -0.164. The van der Waals surface area contributed by atoms with Crippen molar-refractivity contribution in [3.05, 3.63) is 0 Å². The lowest BCUT2D eigenvalue weighted by Gasteiger charge is -2.20. The van der Waals surface area contributed by atoms with E-state index in [0.717, 1.165) is 57.8 Å². The summed E-state index contributed by atoms with van der Waals surface area (Å²) in [7, 11) is 3.80. The quantitative estimate of drug-likeness (QED) is 0.0309. The minimum atomic E-state index is -0.970. The molecular formula is C40H69NO14. The van der Waals surface area contributed by atoms with Crippen LogP contribution in [0.3, 0.4) is 0 Å². The average Bonchev–Trinajstić information content (AvgIpc) is 3.14. The molecule has 15 nitrogen and oxygen atoms in total. The molecular weight excluding hydrogens is 718 g/mol. The molecule has 0 aliphatic carbocycles. The molecule has 0 aromatic carbocycles. The fourth-order valence-electron chi connectivity index (χ4n) is 5.45. The first kappa shape index (κ1) is 51.2. The minimum Gasteiger partial charge on any atom is -0.464 e. The minimum absolute atomic E-state index is 0.0457. The van der Waals surface area contributed by atoms with E-state index in [1.807, 2.05) is 19.0 Å². The Kier molecular flexibility index (Phi) is 33.5. The van der Waals surface area contributed by atoms with Crippen molar-refractivity contribution < 1.29 is 66.7 Å². The third-order valence-electron chi connectivity index (χ3n) is 8.47. The number of unbranched alkanes of at least 4 members (excludes halogenated alkanes) is 9. The van der Waals surface area contributed by atoms with Gasteiger partial charge in [-0.05, 0) is 65.6 Å². The molecule has 15 heteroatoms. The fraction of sp³-hybridized carbons (Fsp3) is 0.825. The van der Waals surface area contributed by atoms with Gasteiger partial charge in [-0.2, -0.15) is 0 Å². The normalized spacial score (nSPS) is 12.5. The summed E-state index contributed by atoms with van der Waals surface area (Å²) in [6.45, 7) is 4.34. The largest absolute Gasteiger partial charge is 0.464 e. The van der Waals surface area contributed by atoms with Crippen LogP contribution in [-0.2, 0) is 66.7 Å². The molecule has 318 valence electrons. The number of carbonyl (C=O) groups excluding carboxylic acids is 7. The predicted octanol–water partition coefficient (Wildman–Crippen LogP) is 5.95. The standard InChI is InChI=1S/C40H69NO14/c1-5-7-9-11-13-15-22-37(45)52-30-35(28-50-32-43)55-39(47)24-17-20-33(53-40(48)25-18-26-41(3)4)19-16-23-38(46)54-34(27-49-31-42)29-51-36(44)21-14-12-10-8-6-2/h31-35H,5-30H2,1-4H3. The summed E-state index contributed by atoms with van der Waals surface area (Å²) in [5.41, 5.74) is 0. The van der Waals surface area contributed by atoms with E-state index in [1.165, 1.54) is 0 Å². The van der Waals surface area contributed by atoms with Gasteiger partial charge in [0.1, 0.15) is 32.5 Å². The van der Waals surface area contributed by atoms with Crippen LogP contribution in [0.25, 0.3) is 0 Å². The smallest absolute Gasteiger partial charge is 0.306 e. The number of ether oxygens (including phenoxy) is 7. The third kappa shape index (κ3) is 33.3. The highest BCUT2D eigenvalue weighted by Crippen LogP contribution is 2.16. The highest BCUT2D eigenvalue weighted by Gasteiger charge is 2.22. The van der Waals surface area contributed by atoms with E-state index in [-0.39, 0.29) is 84.3 Å². The number of esters is 5. The second kappa shape index (κ2) is 35.9. The van der Waals surface area contributed by atoms with Crippen molar-refractivity contribution >= 4 is 42.8 Å². The Hall–Kier alpha value is -3.75. The van der Waals surface area contributed by atoms with Crippen molar-refractivity contribution in [2.24, 2.45) is 0 Å². The monoisotopic (exact) mass is 787 g/mol. The Balaban J connectivity index is 5.01. The Morgan fingerprint density at radius 1 is 0.455 bits per heavy atom. The molecule has 0 amide bonds. The van der Waals surface area contributed by atoms with Crippen molar-refractivity contribution in [2.75, 3.05) is 47.1 Å². The Bertz CT molecular complexity index is 1050. The van der Waals surface area contributed by atoms with Crippen LogP contribution in [0.1, 0.15) is 149 Å². The molecule has 0 aromatic heterocycles. The van der Waals surface area contributed by atoms with Crippen LogP contribution in [0.2, 0.25) is 0 Å². The van der Waals surface area contributed by atoms with Crippen LogP contribution in [0.4, 0.5) is 0 Å². The van der Waals surface area contributed by atoms with Crippen molar-refractivity contribution in [3.8, 4) is 0 Å². The van der Waals surface area contributed by atoms with E-state index in [1.54, 1.807) is 0 Å². The van der Waals surface area contributed by atoms with Gasteiger partial charge in [0, 0.05) is 32.1 Å². The molecule has 0 fully saturated rings. The predicted molar refractivity (Wildman–Crippen MR) is 202 cm³/mol. The van der Waals surface area contributed by atoms with Crippen molar-refractivity contribution in [3.63, 3.8) is 0 Å². The Morgan fingerprint density at radius 3 is 1.22 bits per heavy atom. The van der Waals surface area contributed by atoms with Crippen LogP contribution >= 0.6 is 0 Å². The Morgan fingerprint density at radius 2 is 0.818 bits per heavy atom. The summed E-state index contributed by atoms with van der Waals surface area (Å²) in [5, 5.41) is 0. The molecule has 0 heterocycles. The first-order chi connectivity index (χ1) is 26.5. The summed E-state index contributed by atoms with van der Waals surface area (Å²) in [6, 6.07) is 0. The van der Waals surface area contributed by atoms with Crippen molar-refractivity contribution in [2.45, 2.75) is 167 Å². The van der Waals surface area contributed by atoms with Crippen LogP contribution in [0.5, 0.6) is 0 Å². The summed E-state index contributed by atoms with van der Waals surface area (Å²) >= 11 is 0. The second-order valence-corrected chi connectivity index (χ2v) is 13.9. The molecule has 55 heavy (non-hydrogen) atoms. The highest BCUT2D eigenvalue weighted by atomic mass is 16.6. The van der Waals surface area contributed by atoms with Gasteiger partial charge >= 0.3 is 29.8 Å². The summed E-state index contributed by atoms with van der Waals surface area (Å²) in [4.78, 5) is 85.8. The van der Waals surface area contributed by atoms with Crippen molar-refractivity contribution in [1.82, 2.24) is 4.90 Å². The van der Waals surface area contributed by atoms with Gasteiger partial charge in [-0.25, -0.2) is 0 Å².